The van der Waals surface area contributed by atoms with Gasteiger partial charge in [0.05, 0.1) is 24.6 Å². The molecule has 2 aliphatic carbocycles. The maximum absolute atomic E-state index is 12.9. The third-order valence-electron chi connectivity index (χ3n) is 5.74. The summed E-state index contributed by atoms with van der Waals surface area (Å²) in [4.78, 5) is 25.8. The van der Waals surface area contributed by atoms with Crippen LogP contribution in [-0.2, 0) is 19.1 Å². The van der Waals surface area contributed by atoms with Crippen molar-refractivity contribution >= 4 is 34.8 Å². The fourth-order valence-corrected chi connectivity index (χ4v) is 4.57. The molecule has 2 aliphatic heterocycles. The van der Waals surface area contributed by atoms with E-state index in [1.54, 1.807) is 13.8 Å². The number of carbonyl (C=O) groups is 2. The highest BCUT2D eigenvalue weighted by atomic mass is 16.5. The van der Waals surface area contributed by atoms with Crippen LogP contribution in [0.2, 0.25) is 0 Å². The number of hydrogen-bond acceptors (Lipinski definition) is 8. The summed E-state index contributed by atoms with van der Waals surface area (Å²) in [7, 11) is 0. The number of fused-ring (bicyclic) bond motifs is 2. The van der Waals surface area contributed by atoms with Crippen LogP contribution in [0.25, 0.3) is 0 Å². The van der Waals surface area contributed by atoms with Crippen LogP contribution in [0.4, 0.5) is 0 Å². The van der Waals surface area contributed by atoms with E-state index in [9.17, 15) is 9.59 Å². The predicted octanol–water partition coefficient (Wildman–Crippen LogP) is 2.07. The standard InChI is InChI=1S/C18H22N4O4/c1-3-25-15(23)17-9-5-7-11(17)19-21-13(17)14-18(16(24)26-4-2)10-6-8-12(18)20-22-14/h3-10H2,1-2H3/t17-,18+. The van der Waals surface area contributed by atoms with E-state index in [4.69, 9.17) is 9.47 Å². The van der Waals surface area contributed by atoms with Gasteiger partial charge in [-0.1, -0.05) is 0 Å². The average molecular weight is 358 g/mol. The smallest absolute Gasteiger partial charge is 0.324 e. The van der Waals surface area contributed by atoms with Gasteiger partial charge in [-0.25, -0.2) is 0 Å². The lowest BCUT2D eigenvalue weighted by Gasteiger charge is -2.30. The fourth-order valence-electron chi connectivity index (χ4n) is 4.57. The molecule has 0 unspecified atom stereocenters. The SMILES string of the molecule is CCOC(=O)[C@@]12CCCC1=NN=C2C1=NN=C2CCC[C@@]21C(=O)OCC. The lowest BCUT2D eigenvalue weighted by Crippen LogP contribution is -2.53. The summed E-state index contributed by atoms with van der Waals surface area (Å²) in [5.74, 6) is -0.721. The summed E-state index contributed by atoms with van der Waals surface area (Å²) >= 11 is 0. The van der Waals surface area contributed by atoms with Crippen molar-refractivity contribution in [2.45, 2.75) is 52.4 Å². The lowest BCUT2D eigenvalue weighted by molar-refractivity contribution is -0.149. The molecule has 4 aliphatic rings. The Morgan fingerprint density at radius 3 is 1.62 bits per heavy atom. The molecule has 0 aromatic rings. The van der Waals surface area contributed by atoms with E-state index in [0.717, 1.165) is 12.8 Å². The minimum atomic E-state index is -1.03. The molecule has 26 heavy (non-hydrogen) atoms. The normalized spacial score (nSPS) is 31.6. The Morgan fingerprint density at radius 1 is 0.808 bits per heavy atom. The van der Waals surface area contributed by atoms with E-state index in [0.29, 0.717) is 48.5 Å². The monoisotopic (exact) mass is 358 g/mol. The summed E-state index contributed by atoms with van der Waals surface area (Å²) < 4.78 is 10.7. The van der Waals surface area contributed by atoms with Gasteiger partial charge in [-0.15, -0.1) is 0 Å². The van der Waals surface area contributed by atoms with E-state index < -0.39 is 10.8 Å². The van der Waals surface area contributed by atoms with Crippen LogP contribution in [-0.4, -0.2) is 48.0 Å². The number of rotatable bonds is 5. The van der Waals surface area contributed by atoms with Crippen LogP contribution in [0, 0.1) is 10.8 Å². The maximum Gasteiger partial charge on any atom is 0.324 e. The Balaban J connectivity index is 1.77. The fraction of sp³-hybridized carbons (Fsp3) is 0.667. The molecule has 0 spiro atoms. The molecule has 2 atom stereocenters. The number of carbonyl (C=O) groups excluding carboxylic acids is 2. The Morgan fingerprint density at radius 2 is 1.23 bits per heavy atom. The van der Waals surface area contributed by atoms with Gasteiger partial charge in [-0.3, -0.25) is 9.59 Å². The quantitative estimate of drug-likeness (QED) is 0.702. The molecule has 4 rings (SSSR count). The Labute approximate surface area is 151 Å². The highest BCUT2D eigenvalue weighted by Gasteiger charge is 2.64. The van der Waals surface area contributed by atoms with Gasteiger partial charge >= 0.3 is 11.9 Å². The third-order valence-corrected chi connectivity index (χ3v) is 5.74. The Bertz CT molecular complexity index is 731. The molecular weight excluding hydrogens is 336 g/mol. The molecule has 0 radical (unpaired) electrons. The topological polar surface area (TPSA) is 102 Å². The molecule has 2 fully saturated rings. The number of hydrogen-bond donors (Lipinski definition) is 0. The van der Waals surface area contributed by atoms with E-state index >= 15 is 0 Å². The first-order chi connectivity index (χ1) is 12.6. The first kappa shape index (κ1) is 17.1. The lowest BCUT2D eigenvalue weighted by atomic mass is 9.69. The van der Waals surface area contributed by atoms with Crippen LogP contribution in [0.15, 0.2) is 20.4 Å². The molecule has 0 N–H and O–H groups in total. The van der Waals surface area contributed by atoms with Crippen molar-refractivity contribution in [1.29, 1.82) is 0 Å². The van der Waals surface area contributed by atoms with Crippen molar-refractivity contribution in [2.24, 2.45) is 31.2 Å². The Hall–Kier alpha value is -2.38. The van der Waals surface area contributed by atoms with Gasteiger partial charge in [0.15, 0.2) is 10.8 Å². The van der Waals surface area contributed by atoms with Crippen LogP contribution in [0.3, 0.4) is 0 Å². The van der Waals surface area contributed by atoms with E-state index in [1.165, 1.54) is 0 Å². The van der Waals surface area contributed by atoms with Crippen molar-refractivity contribution in [3.8, 4) is 0 Å². The molecule has 2 heterocycles. The summed E-state index contributed by atoms with van der Waals surface area (Å²) in [5.41, 5.74) is 0.219. The van der Waals surface area contributed by atoms with E-state index in [1.807, 2.05) is 0 Å². The van der Waals surface area contributed by atoms with Crippen LogP contribution < -0.4 is 0 Å². The number of esters is 2. The first-order valence-corrected chi connectivity index (χ1v) is 9.27. The van der Waals surface area contributed by atoms with Gasteiger partial charge in [0.25, 0.3) is 0 Å². The molecule has 0 amide bonds. The van der Waals surface area contributed by atoms with Crippen LogP contribution in [0.1, 0.15) is 52.4 Å². The first-order valence-electron chi connectivity index (χ1n) is 9.27. The zero-order chi connectivity index (χ0) is 18.4. The van der Waals surface area contributed by atoms with Crippen molar-refractivity contribution < 1.29 is 19.1 Å². The predicted molar refractivity (Wildman–Crippen MR) is 95.6 cm³/mol. The van der Waals surface area contributed by atoms with Gasteiger partial charge in [0.2, 0.25) is 0 Å². The summed E-state index contributed by atoms with van der Waals surface area (Å²) in [6.07, 6.45) is 4.17. The summed E-state index contributed by atoms with van der Waals surface area (Å²) in [5, 5.41) is 17.2. The molecule has 0 aromatic heterocycles. The van der Waals surface area contributed by atoms with Crippen LogP contribution >= 0.6 is 0 Å². The van der Waals surface area contributed by atoms with Crippen molar-refractivity contribution in [3.05, 3.63) is 0 Å². The number of ether oxygens (including phenoxy) is 2. The highest BCUT2D eigenvalue weighted by Crippen LogP contribution is 2.49. The zero-order valence-electron chi connectivity index (χ0n) is 15.1. The van der Waals surface area contributed by atoms with Crippen molar-refractivity contribution in [1.82, 2.24) is 0 Å². The van der Waals surface area contributed by atoms with E-state index in [-0.39, 0.29) is 25.2 Å². The molecule has 0 aromatic carbocycles. The van der Waals surface area contributed by atoms with Crippen LogP contribution in [0.5, 0.6) is 0 Å². The second-order valence-corrected chi connectivity index (χ2v) is 6.95. The molecule has 2 saturated carbocycles. The maximum atomic E-state index is 12.9. The summed E-state index contributed by atoms with van der Waals surface area (Å²) in [6, 6.07) is 0. The largest absolute Gasteiger partial charge is 0.465 e. The second-order valence-electron chi connectivity index (χ2n) is 6.95. The molecule has 138 valence electrons. The molecule has 0 bridgehead atoms. The van der Waals surface area contributed by atoms with Gasteiger partial charge in [0, 0.05) is 0 Å². The highest BCUT2D eigenvalue weighted by molar-refractivity contribution is 6.60. The van der Waals surface area contributed by atoms with Crippen molar-refractivity contribution in [3.63, 3.8) is 0 Å². The van der Waals surface area contributed by atoms with Gasteiger partial charge in [-0.2, -0.15) is 20.4 Å². The second kappa shape index (κ2) is 6.10. The molecule has 0 saturated heterocycles. The molecule has 8 nitrogen and oxygen atoms in total. The van der Waals surface area contributed by atoms with E-state index in [2.05, 4.69) is 20.4 Å². The molecule has 8 heteroatoms. The van der Waals surface area contributed by atoms with Gasteiger partial charge in [0.1, 0.15) is 11.4 Å². The number of nitrogens with zero attached hydrogens (tertiary/aromatic N) is 4. The summed E-state index contributed by atoms with van der Waals surface area (Å²) in [6.45, 7) is 4.10. The molecular formula is C18H22N4O4. The minimum absolute atomic E-state index is 0.276. The Kier molecular flexibility index (Phi) is 4.00. The van der Waals surface area contributed by atoms with Gasteiger partial charge < -0.3 is 9.47 Å². The van der Waals surface area contributed by atoms with Gasteiger partial charge in [-0.05, 0) is 52.4 Å². The van der Waals surface area contributed by atoms with Crippen molar-refractivity contribution in [2.75, 3.05) is 13.2 Å². The minimum Gasteiger partial charge on any atom is -0.465 e. The third kappa shape index (κ3) is 2.01. The average Bonchev–Trinajstić information content (AvgIpc) is 3.34. The zero-order valence-corrected chi connectivity index (χ0v) is 15.1.